The van der Waals surface area contributed by atoms with Gasteiger partial charge in [0.1, 0.15) is 5.75 Å². The van der Waals surface area contributed by atoms with Gasteiger partial charge in [0.05, 0.1) is 6.10 Å². The molecule has 0 saturated carbocycles. The van der Waals surface area contributed by atoms with Gasteiger partial charge in [0, 0.05) is 23.4 Å². The molecule has 0 aromatic heterocycles. The van der Waals surface area contributed by atoms with Crippen molar-refractivity contribution in [1.29, 1.82) is 0 Å². The summed E-state index contributed by atoms with van der Waals surface area (Å²) in [6.45, 7) is 5.82. The van der Waals surface area contributed by atoms with Gasteiger partial charge in [-0.1, -0.05) is 26.0 Å². The molecule has 0 saturated heterocycles. The molecular formula is C20H24N2O3. The monoisotopic (exact) mass is 340 g/mol. The van der Waals surface area contributed by atoms with Crippen LogP contribution in [0.1, 0.15) is 44.0 Å². The number of amides is 2. The number of anilines is 2. The standard InChI is InChI=1S/C20H24N2O3/c1-4-14(3)25-18-11-6-8-15(12-18)20(24)22-17-10-7-9-16(13-17)21-19(23)5-2/h6-14H,4-5H2,1-3H3,(H,21,23)(H,22,24). The summed E-state index contributed by atoms with van der Waals surface area (Å²) in [5.74, 6) is 0.373. The third kappa shape index (κ3) is 5.64. The first kappa shape index (κ1) is 18.5. The first-order chi connectivity index (χ1) is 12.0. The van der Waals surface area contributed by atoms with Gasteiger partial charge in [-0.2, -0.15) is 0 Å². The fourth-order valence-corrected chi connectivity index (χ4v) is 2.15. The molecule has 0 aliphatic heterocycles. The van der Waals surface area contributed by atoms with E-state index < -0.39 is 0 Å². The zero-order valence-corrected chi connectivity index (χ0v) is 14.8. The smallest absolute Gasteiger partial charge is 0.255 e. The summed E-state index contributed by atoms with van der Waals surface area (Å²) in [5.41, 5.74) is 1.79. The molecule has 0 bridgehead atoms. The van der Waals surface area contributed by atoms with Crippen LogP contribution in [0, 0.1) is 0 Å². The van der Waals surface area contributed by atoms with Crippen LogP contribution in [0.2, 0.25) is 0 Å². The Morgan fingerprint density at radius 3 is 2.36 bits per heavy atom. The summed E-state index contributed by atoms with van der Waals surface area (Å²) in [6, 6.07) is 14.2. The Hall–Kier alpha value is -2.82. The topological polar surface area (TPSA) is 67.4 Å². The van der Waals surface area contributed by atoms with E-state index in [1.165, 1.54) is 0 Å². The van der Waals surface area contributed by atoms with Crippen molar-refractivity contribution in [3.8, 4) is 5.75 Å². The maximum atomic E-state index is 12.5. The van der Waals surface area contributed by atoms with E-state index >= 15 is 0 Å². The Balaban J connectivity index is 2.08. The van der Waals surface area contributed by atoms with E-state index in [9.17, 15) is 9.59 Å². The number of benzene rings is 2. The number of ether oxygens (including phenoxy) is 1. The van der Waals surface area contributed by atoms with Gasteiger partial charge >= 0.3 is 0 Å². The van der Waals surface area contributed by atoms with Crippen LogP contribution in [0.3, 0.4) is 0 Å². The fraction of sp³-hybridized carbons (Fsp3) is 0.300. The molecule has 5 nitrogen and oxygen atoms in total. The zero-order chi connectivity index (χ0) is 18.2. The van der Waals surface area contributed by atoms with Crippen molar-refractivity contribution in [2.75, 3.05) is 10.6 Å². The van der Waals surface area contributed by atoms with Gasteiger partial charge in [0.2, 0.25) is 5.91 Å². The van der Waals surface area contributed by atoms with Gasteiger partial charge < -0.3 is 15.4 Å². The molecule has 2 aromatic rings. The van der Waals surface area contributed by atoms with Crippen LogP contribution in [0.4, 0.5) is 11.4 Å². The van der Waals surface area contributed by atoms with E-state index in [4.69, 9.17) is 4.74 Å². The second kappa shape index (κ2) is 8.87. The Kier molecular flexibility index (Phi) is 6.57. The van der Waals surface area contributed by atoms with Crippen LogP contribution in [0.5, 0.6) is 5.75 Å². The molecule has 2 N–H and O–H groups in total. The lowest BCUT2D eigenvalue weighted by atomic mass is 10.2. The summed E-state index contributed by atoms with van der Waals surface area (Å²) < 4.78 is 5.75. The summed E-state index contributed by atoms with van der Waals surface area (Å²) >= 11 is 0. The number of rotatable bonds is 7. The number of hydrogen-bond acceptors (Lipinski definition) is 3. The summed E-state index contributed by atoms with van der Waals surface area (Å²) in [5, 5.41) is 5.61. The molecule has 5 heteroatoms. The van der Waals surface area contributed by atoms with Crippen molar-refractivity contribution in [3.05, 3.63) is 54.1 Å². The maximum Gasteiger partial charge on any atom is 0.255 e. The van der Waals surface area contributed by atoms with Crippen LogP contribution >= 0.6 is 0 Å². The summed E-state index contributed by atoms with van der Waals surface area (Å²) in [6.07, 6.45) is 1.39. The Morgan fingerprint density at radius 2 is 1.68 bits per heavy atom. The van der Waals surface area contributed by atoms with Gasteiger partial charge in [0.15, 0.2) is 0 Å². The van der Waals surface area contributed by atoms with Gasteiger partial charge in [0.25, 0.3) is 5.91 Å². The first-order valence-electron chi connectivity index (χ1n) is 8.49. The second-order valence-electron chi connectivity index (χ2n) is 5.80. The third-order valence-electron chi connectivity index (χ3n) is 3.73. The SMILES string of the molecule is CCC(=O)Nc1cccc(NC(=O)c2cccc(OC(C)CC)c2)c1. The predicted molar refractivity (Wildman–Crippen MR) is 100 cm³/mol. The number of carbonyl (C=O) groups excluding carboxylic acids is 2. The molecule has 1 atom stereocenters. The zero-order valence-electron chi connectivity index (χ0n) is 14.8. The molecule has 132 valence electrons. The van der Waals surface area contributed by atoms with Crippen molar-refractivity contribution in [1.82, 2.24) is 0 Å². The average Bonchev–Trinajstić information content (AvgIpc) is 2.62. The Bertz CT molecular complexity index is 743. The summed E-state index contributed by atoms with van der Waals surface area (Å²) in [4.78, 5) is 23.9. The predicted octanol–water partition coefficient (Wildman–Crippen LogP) is 4.46. The molecule has 0 heterocycles. The molecule has 2 aromatic carbocycles. The fourth-order valence-electron chi connectivity index (χ4n) is 2.15. The highest BCUT2D eigenvalue weighted by molar-refractivity contribution is 6.05. The quantitative estimate of drug-likeness (QED) is 0.782. The highest BCUT2D eigenvalue weighted by atomic mass is 16.5. The van der Waals surface area contributed by atoms with E-state index in [0.717, 1.165) is 6.42 Å². The van der Waals surface area contributed by atoms with E-state index in [2.05, 4.69) is 10.6 Å². The van der Waals surface area contributed by atoms with Gasteiger partial charge in [-0.25, -0.2) is 0 Å². The normalized spacial score (nSPS) is 11.5. The lowest BCUT2D eigenvalue weighted by Crippen LogP contribution is -2.14. The van der Waals surface area contributed by atoms with Crippen molar-refractivity contribution in [3.63, 3.8) is 0 Å². The molecule has 0 aliphatic carbocycles. The molecule has 0 aliphatic rings. The highest BCUT2D eigenvalue weighted by Crippen LogP contribution is 2.19. The van der Waals surface area contributed by atoms with Gasteiger partial charge in [-0.05, 0) is 49.7 Å². The largest absolute Gasteiger partial charge is 0.491 e. The molecule has 1 unspecified atom stereocenters. The van der Waals surface area contributed by atoms with Gasteiger partial charge in [-0.15, -0.1) is 0 Å². The van der Waals surface area contributed by atoms with Crippen molar-refractivity contribution >= 4 is 23.2 Å². The lowest BCUT2D eigenvalue weighted by molar-refractivity contribution is -0.115. The van der Waals surface area contributed by atoms with E-state index in [1.807, 2.05) is 19.9 Å². The van der Waals surface area contributed by atoms with E-state index in [0.29, 0.717) is 29.1 Å². The molecular weight excluding hydrogens is 316 g/mol. The average molecular weight is 340 g/mol. The minimum absolute atomic E-state index is 0.0710. The molecule has 25 heavy (non-hydrogen) atoms. The highest BCUT2D eigenvalue weighted by Gasteiger charge is 2.09. The van der Waals surface area contributed by atoms with Crippen LogP contribution in [-0.2, 0) is 4.79 Å². The first-order valence-corrected chi connectivity index (χ1v) is 8.49. The number of hydrogen-bond donors (Lipinski definition) is 2. The van der Waals surface area contributed by atoms with Crippen molar-refractivity contribution < 1.29 is 14.3 Å². The molecule has 0 spiro atoms. The number of carbonyl (C=O) groups is 2. The van der Waals surface area contributed by atoms with Crippen LogP contribution in [0.25, 0.3) is 0 Å². The maximum absolute atomic E-state index is 12.5. The third-order valence-corrected chi connectivity index (χ3v) is 3.73. The van der Waals surface area contributed by atoms with Crippen LogP contribution < -0.4 is 15.4 Å². The van der Waals surface area contributed by atoms with Crippen LogP contribution in [-0.4, -0.2) is 17.9 Å². The molecule has 0 radical (unpaired) electrons. The van der Waals surface area contributed by atoms with Crippen molar-refractivity contribution in [2.45, 2.75) is 39.7 Å². The molecule has 2 amide bonds. The minimum atomic E-state index is -0.228. The number of nitrogens with one attached hydrogen (secondary N) is 2. The second-order valence-corrected chi connectivity index (χ2v) is 5.80. The lowest BCUT2D eigenvalue weighted by Gasteiger charge is -2.13. The minimum Gasteiger partial charge on any atom is -0.491 e. The van der Waals surface area contributed by atoms with Crippen LogP contribution in [0.15, 0.2) is 48.5 Å². The Labute approximate surface area is 148 Å². The Morgan fingerprint density at radius 1 is 1.00 bits per heavy atom. The molecule has 2 rings (SSSR count). The van der Waals surface area contributed by atoms with Crippen molar-refractivity contribution in [2.24, 2.45) is 0 Å². The summed E-state index contributed by atoms with van der Waals surface area (Å²) in [7, 11) is 0. The van der Waals surface area contributed by atoms with Gasteiger partial charge in [-0.3, -0.25) is 9.59 Å². The van der Waals surface area contributed by atoms with E-state index in [1.54, 1.807) is 49.4 Å². The molecule has 0 fully saturated rings. The van der Waals surface area contributed by atoms with E-state index in [-0.39, 0.29) is 17.9 Å².